The van der Waals surface area contributed by atoms with Gasteiger partial charge in [-0.3, -0.25) is 14.5 Å². The minimum Gasteiger partial charge on any atom is -0.453 e. The smallest absolute Gasteiger partial charge is 0.303 e. The van der Waals surface area contributed by atoms with Crippen molar-refractivity contribution in [2.75, 3.05) is 6.54 Å². The molecular formula is C45H48N2O6. The zero-order chi connectivity index (χ0) is 37.2. The van der Waals surface area contributed by atoms with Gasteiger partial charge in [0.2, 0.25) is 0 Å². The molecule has 5 atom stereocenters. The van der Waals surface area contributed by atoms with Crippen LogP contribution in [0, 0.1) is 5.92 Å². The Morgan fingerprint density at radius 1 is 0.736 bits per heavy atom. The molecule has 6 rings (SSSR count). The van der Waals surface area contributed by atoms with E-state index in [2.05, 4.69) is 77.8 Å². The molecule has 0 unspecified atom stereocenters. The zero-order valence-electron chi connectivity index (χ0n) is 30.6. The van der Waals surface area contributed by atoms with Crippen LogP contribution in [0.25, 0.3) is 11.1 Å². The molecule has 0 saturated carbocycles. The molecule has 1 amide bonds. The highest BCUT2D eigenvalue weighted by Gasteiger charge is 2.39. The summed E-state index contributed by atoms with van der Waals surface area (Å²) in [7, 11) is 0. The molecule has 8 heteroatoms. The van der Waals surface area contributed by atoms with Crippen LogP contribution in [0.15, 0.2) is 133 Å². The first-order chi connectivity index (χ1) is 25.7. The van der Waals surface area contributed by atoms with Crippen molar-refractivity contribution in [3.8, 4) is 11.1 Å². The SMILES string of the molecule is CC(=O)O[C@@H](C)C(=O)NCc1cccc(-c2cccc([C@@H]3O[C@H](CN(Cc4ccccc4)Cc4ccccc4)[C@H](C)[C@H](c4ccc(CO)cc4)O3)c2)c1. The number of aliphatic hydroxyl groups excluding tert-OH is 1. The molecule has 0 aromatic heterocycles. The third kappa shape index (κ3) is 10.3. The van der Waals surface area contributed by atoms with Crippen LogP contribution in [0.5, 0.6) is 0 Å². The lowest BCUT2D eigenvalue weighted by molar-refractivity contribution is -0.276. The number of esters is 1. The van der Waals surface area contributed by atoms with Gasteiger partial charge in [-0.25, -0.2) is 0 Å². The molecule has 1 saturated heterocycles. The van der Waals surface area contributed by atoms with Crippen LogP contribution in [0.3, 0.4) is 0 Å². The highest BCUT2D eigenvalue weighted by Crippen LogP contribution is 2.42. The fourth-order valence-corrected chi connectivity index (χ4v) is 6.81. The second-order valence-corrected chi connectivity index (χ2v) is 13.8. The van der Waals surface area contributed by atoms with Gasteiger partial charge in [0.1, 0.15) is 0 Å². The van der Waals surface area contributed by atoms with E-state index in [1.807, 2.05) is 72.8 Å². The minimum absolute atomic E-state index is 0.0165. The third-order valence-electron chi connectivity index (χ3n) is 9.66. The van der Waals surface area contributed by atoms with E-state index in [-0.39, 0.29) is 30.6 Å². The van der Waals surface area contributed by atoms with E-state index in [1.165, 1.54) is 18.1 Å². The number of nitrogens with zero attached hydrogens (tertiary/aromatic N) is 1. The summed E-state index contributed by atoms with van der Waals surface area (Å²) in [5.41, 5.74) is 8.17. The Morgan fingerprint density at radius 3 is 1.96 bits per heavy atom. The first-order valence-corrected chi connectivity index (χ1v) is 18.2. The Bertz CT molecular complexity index is 1890. The quantitative estimate of drug-likeness (QED) is 0.113. The number of amides is 1. The standard InChI is InChI=1S/C45H48N2O6/c1-31-42(29-47(27-34-12-6-4-7-13-34)28-35-14-8-5-9-15-35)52-45(53-43(31)38-22-20-36(30-48)21-23-38)41-19-11-18-40(25-41)39-17-10-16-37(24-39)26-46-44(50)32(2)51-33(3)49/h4-25,31-32,42-43,45,48H,26-30H2,1-3H3,(H,46,50)/t31-,32-,42+,43+,45+/m0/s1. The Labute approximate surface area is 312 Å². The molecule has 8 nitrogen and oxygen atoms in total. The maximum atomic E-state index is 12.5. The lowest BCUT2D eigenvalue weighted by atomic mass is 9.89. The topological polar surface area (TPSA) is 97.3 Å². The van der Waals surface area contributed by atoms with Crippen LogP contribution in [0.2, 0.25) is 0 Å². The molecule has 2 N–H and O–H groups in total. The molecule has 1 aliphatic heterocycles. The number of rotatable bonds is 14. The number of ether oxygens (including phenoxy) is 3. The van der Waals surface area contributed by atoms with Gasteiger partial charge in [-0.1, -0.05) is 128 Å². The molecule has 1 heterocycles. The summed E-state index contributed by atoms with van der Waals surface area (Å²) < 4.78 is 18.8. The van der Waals surface area contributed by atoms with Gasteiger partial charge < -0.3 is 24.6 Å². The Kier molecular flexibility index (Phi) is 12.8. The summed E-state index contributed by atoms with van der Waals surface area (Å²) >= 11 is 0. The number of carbonyl (C=O) groups is 2. The molecule has 274 valence electrons. The van der Waals surface area contributed by atoms with Crippen LogP contribution >= 0.6 is 0 Å². The average molecular weight is 713 g/mol. The number of aliphatic hydroxyl groups is 1. The van der Waals surface area contributed by atoms with Crippen molar-refractivity contribution in [2.45, 2.75) is 71.6 Å². The highest BCUT2D eigenvalue weighted by atomic mass is 16.7. The van der Waals surface area contributed by atoms with Crippen molar-refractivity contribution < 1.29 is 28.9 Å². The minimum atomic E-state index is -0.866. The Balaban J connectivity index is 1.26. The van der Waals surface area contributed by atoms with Crippen molar-refractivity contribution in [1.82, 2.24) is 10.2 Å². The van der Waals surface area contributed by atoms with E-state index in [4.69, 9.17) is 14.2 Å². The summed E-state index contributed by atoms with van der Waals surface area (Å²) in [6, 6.07) is 45.3. The largest absolute Gasteiger partial charge is 0.453 e. The zero-order valence-corrected chi connectivity index (χ0v) is 30.6. The van der Waals surface area contributed by atoms with Crippen molar-refractivity contribution in [1.29, 1.82) is 0 Å². The Morgan fingerprint density at radius 2 is 1.34 bits per heavy atom. The molecule has 0 radical (unpaired) electrons. The second kappa shape index (κ2) is 18.1. The van der Waals surface area contributed by atoms with Gasteiger partial charge in [-0.2, -0.15) is 0 Å². The van der Waals surface area contributed by atoms with Gasteiger partial charge in [0.05, 0.1) is 18.8 Å². The summed E-state index contributed by atoms with van der Waals surface area (Å²) in [6.45, 7) is 7.56. The Hall–Kier alpha value is -5.12. The van der Waals surface area contributed by atoms with Gasteiger partial charge in [0.15, 0.2) is 12.4 Å². The molecule has 1 aliphatic rings. The van der Waals surface area contributed by atoms with Crippen molar-refractivity contribution >= 4 is 11.9 Å². The second-order valence-electron chi connectivity index (χ2n) is 13.8. The molecule has 5 aromatic carbocycles. The summed E-state index contributed by atoms with van der Waals surface area (Å²) in [6.07, 6.45) is -1.89. The summed E-state index contributed by atoms with van der Waals surface area (Å²) in [4.78, 5) is 26.2. The summed E-state index contributed by atoms with van der Waals surface area (Å²) in [5, 5.41) is 12.6. The van der Waals surface area contributed by atoms with Gasteiger partial charge >= 0.3 is 5.97 Å². The maximum absolute atomic E-state index is 12.5. The third-order valence-corrected chi connectivity index (χ3v) is 9.66. The first-order valence-electron chi connectivity index (χ1n) is 18.2. The molecule has 0 aliphatic carbocycles. The maximum Gasteiger partial charge on any atom is 0.303 e. The van der Waals surface area contributed by atoms with Crippen LogP contribution in [-0.4, -0.2) is 40.6 Å². The van der Waals surface area contributed by atoms with E-state index in [1.54, 1.807) is 6.92 Å². The number of nitrogens with one attached hydrogen (secondary N) is 1. The molecule has 0 bridgehead atoms. The van der Waals surface area contributed by atoms with Crippen molar-refractivity contribution in [3.05, 3.63) is 167 Å². The van der Waals surface area contributed by atoms with E-state index in [9.17, 15) is 14.7 Å². The van der Waals surface area contributed by atoms with Gasteiger partial charge in [0, 0.05) is 44.6 Å². The van der Waals surface area contributed by atoms with E-state index >= 15 is 0 Å². The predicted octanol–water partition coefficient (Wildman–Crippen LogP) is 7.91. The average Bonchev–Trinajstić information content (AvgIpc) is 3.18. The number of benzene rings is 5. The fourth-order valence-electron chi connectivity index (χ4n) is 6.81. The van der Waals surface area contributed by atoms with E-state index < -0.39 is 18.4 Å². The summed E-state index contributed by atoms with van der Waals surface area (Å²) in [5.74, 6) is -0.822. The lowest BCUT2D eigenvalue weighted by Gasteiger charge is -2.43. The van der Waals surface area contributed by atoms with Crippen LogP contribution in [0.4, 0.5) is 0 Å². The van der Waals surface area contributed by atoms with Gasteiger partial charge in [-0.15, -0.1) is 0 Å². The molecule has 5 aromatic rings. The van der Waals surface area contributed by atoms with E-state index in [0.29, 0.717) is 13.1 Å². The van der Waals surface area contributed by atoms with E-state index in [0.717, 1.165) is 46.5 Å². The number of hydrogen-bond donors (Lipinski definition) is 2. The lowest BCUT2D eigenvalue weighted by Crippen LogP contribution is -2.44. The van der Waals surface area contributed by atoms with Crippen LogP contribution in [-0.2, 0) is 50.0 Å². The fraction of sp³-hybridized carbons (Fsp3) is 0.289. The highest BCUT2D eigenvalue weighted by molar-refractivity contribution is 5.82. The molecular weight excluding hydrogens is 665 g/mol. The monoisotopic (exact) mass is 712 g/mol. The number of hydrogen-bond acceptors (Lipinski definition) is 7. The molecule has 0 spiro atoms. The first kappa shape index (κ1) is 37.6. The van der Waals surface area contributed by atoms with Gasteiger partial charge in [0.25, 0.3) is 5.91 Å². The van der Waals surface area contributed by atoms with Crippen molar-refractivity contribution in [3.63, 3.8) is 0 Å². The van der Waals surface area contributed by atoms with Gasteiger partial charge in [-0.05, 0) is 58.0 Å². The molecule has 1 fully saturated rings. The van der Waals surface area contributed by atoms with Crippen molar-refractivity contribution in [2.24, 2.45) is 5.92 Å². The number of carbonyl (C=O) groups excluding carboxylic acids is 2. The van der Waals surface area contributed by atoms with Crippen LogP contribution in [0.1, 0.15) is 66.5 Å². The normalized spacial score (nSPS) is 19.0. The van der Waals surface area contributed by atoms with Crippen LogP contribution < -0.4 is 5.32 Å². The molecule has 53 heavy (non-hydrogen) atoms. The predicted molar refractivity (Wildman–Crippen MR) is 205 cm³/mol.